The number of rotatable bonds is 3. The molecular formula is C14H12BrClO. The van der Waals surface area contributed by atoms with Crippen LogP contribution < -0.4 is 0 Å². The zero-order valence-corrected chi connectivity index (χ0v) is 11.5. The van der Waals surface area contributed by atoms with Crippen LogP contribution in [0.5, 0.6) is 5.75 Å². The summed E-state index contributed by atoms with van der Waals surface area (Å²) < 4.78 is 1.05. The van der Waals surface area contributed by atoms with Gasteiger partial charge in [0.25, 0.3) is 0 Å². The van der Waals surface area contributed by atoms with Crippen molar-refractivity contribution in [2.24, 2.45) is 0 Å². The highest BCUT2D eigenvalue weighted by atomic mass is 79.9. The van der Waals surface area contributed by atoms with Gasteiger partial charge in [0.1, 0.15) is 5.75 Å². The Morgan fingerprint density at radius 2 is 1.71 bits per heavy atom. The molecule has 2 aromatic rings. The fourth-order valence-corrected chi connectivity index (χ4v) is 2.55. The van der Waals surface area contributed by atoms with E-state index in [0.29, 0.717) is 5.75 Å². The molecule has 0 aliphatic heterocycles. The van der Waals surface area contributed by atoms with Gasteiger partial charge in [-0.3, -0.25) is 0 Å². The summed E-state index contributed by atoms with van der Waals surface area (Å²) >= 11 is 9.40. The molecule has 0 saturated heterocycles. The van der Waals surface area contributed by atoms with E-state index < -0.39 is 0 Å². The van der Waals surface area contributed by atoms with E-state index in [4.69, 9.17) is 11.6 Å². The standard InChI is InChI=1S/C14H12BrClO/c15-14-9-12(16)6-5-11(14)4-1-10-2-7-13(17)8-3-10/h2-3,5-9,17H,1,4H2. The van der Waals surface area contributed by atoms with E-state index >= 15 is 0 Å². The van der Waals surface area contributed by atoms with Gasteiger partial charge >= 0.3 is 0 Å². The molecule has 2 aromatic carbocycles. The molecule has 2 rings (SSSR count). The molecule has 0 aliphatic rings. The molecule has 0 saturated carbocycles. The van der Waals surface area contributed by atoms with Gasteiger partial charge in [0.05, 0.1) is 0 Å². The van der Waals surface area contributed by atoms with Gasteiger partial charge in [-0.2, -0.15) is 0 Å². The molecule has 88 valence electrons. The van der Waals surface area contributed by atoms with E-state index in [2.05, 4.69) is 15.9 Å². The summed E-state index contributed by atoms with van der Waals surface area (Å²) in [5.41, 5.74) is 2.45. The van der Waals surface area contributed by atoms with Crippen molar-refractivity contribution >= 4 is 27.5 Å². The first-order chi connectivity index (χ1) is 8.15. The van der Waals surface area contributed by atoms with Gasteiger partial charge in [-0.25, -0.2) is 0 Å². The van der Waals surface area contributed by atoms with Gasteiger partial charge in [-0.05, 0) is 48.2 Å². The number of aromatic hydroxyl groups is 1. The van der Waals surface area contributed by atoms with Crippen molar-refractivity contribution in [1.29, 1.82) is 0 Å². The van der Waals surface area contributed by atoms with Crippen molar-refractivity contribution in [2.45, 2.75) is 12.8 Å². The molecule has 0 atom stereocenters. The lowest BCUT2D eigenvalue weighted by Crippen LogP contribution is -1.92. The van der Waals surface area contributed by atoms with E-state index in [1.54, 1.807) is 12.1 Å². The Morgan fingerprint density at radius 3 is 2.35 bits per heavy atom. The van der Waals surface area contributed by atoms with Crippen LogP contribution in [0.25, 0.3) is 0 Å². The molecule has 17 heavy (non-hydrogen) atoms. The Kier molecular flexibility index (Phi) is 4.08. The van der Waals surface area contributed by atoms with E-state index in [1.807, 2.05) is 30.3 Å². The summed E-state index contributed by atoms with van der Waals surface area (Å²) in [6, 6.07) is 13.2. The predicted molar refractivity (Wildman–Crippen MR) is 74.7 cm³/mol. The molecule has 0 unspecified atom stereocenters. The van der Waals surface area contributed by atoms with E-state index in [1.165, 1.54) is 11.1 Å². The monoisotopic (exact) mass is 310 g/mol. The number of hydrogen-bond acceptors (Lipinski definition) is 1. The van der Waals surface area contributed by atoms with Crippen LogP contribution in [0.3, 0.4) is 0 Å². The third-order valence-corrected chi connectivity index (χ3v) is 3.61. The molecule has 0 heterocycles. The van der Waals surface area contributed by atoms with Gasteiger partial charge in [0, 0.05) is 9.50 Å². The van der Waals surface area contributed by atoms with Gasteiger partial charge in [0.2, 0.25) is 0 Å². The molecule has 0 fully saturated rings. The Hall–Kier alpha value is -0.990. The smallest absolute Gasteiger partial charge is 0.115 e. The minimum atomic E-state index is 0.307. The molecule has 0 amide bonds. The van der Waals surface area contributed by atoms with Crippen LogP contribution >= 0.6 is 27.5 Å². The van der Waals surface area contributed by atoms with Crippen molar-refractivity contribution < 1.29 is 5.11 Å². The molecule has 0 aromatic heterocycles. The zero-order valence-electron chi connectivity index (χ0n) is 9.16. The second-order valence-electron chi connectivity index (χ2n) is 3.90. The lowest BCUT2D eigenvalue weighted by molar-refractivity contribution is 0.475. The largest absolute Gasteiger partial charge is 0.508 e. The summed E-state index contributed by atoms with van der Waals surface area (Å²) in [6.45, 7) is 0. The lowest BCUT2D eigenvalue weighted by atomic mass is 10.0. The topological polar surface area (TPSA) is 20.2 Å². The fourth-order valence-electron chi connectivity index (χ4n) is 1.67. The first-order valence-corrected chi connectivity index (χ1v) is 6.54. The van der Waals surface area contributed by atoms with Gasteiger partial charge in [-0.1, -0.05) is 45.7 Å². The van der Waals surface area contributed by atoms with E-state index in [9.17, 15) is 5.11 Å². The van der Waals surface area contributed by atoms with Gasteiger partial charge in [-0.15, -0.1) is 0 Å². The number of benzene rings is 2. The van der Waals surface area contributed by atoms with E-state index in [-0.39, 0.29) is 0 Å². The molecule has 1 nitrogen and oxygen atoms in total. The van der Waals surface area contributed by atoms with E-state index in [0.717, 1.165) is 22.3 Å². The summed E-state index contributed by atoms with van der Waals surface area (Å²) in [7, 11) is 0. The summed E-state index contributed by atoms with van der Waals surface area (Å²) in [5, 5.41) is 9.94. The van der Waals surface area contributed by atoms with Crippen LogP contribution in [0.4, 0.5) is 0 Å². The number of phenolic OH excluding ortho intramolecular Hbond substituents is 1. The summed E-state index contributed by atoms with van der Waals surface area (Å²) in [4.78, 5) is 0. The van der Waals surface area contributed by atoms with Crippen molar-refractivity contribution in [1.82, 2.24) is 0 Å². The van der Waals surface area contributed by atoms with Gasteiger partial charge in [0.15, 0.2) is 0 Å². The van der Waals surface area contributed by atoms with Crippen LogP contribution in [0, 0.1) is 0 Å². The Morgan fingerprint density at radius 1 is 1.00 bits per heavy atom. The third kappa shape index (κ3) is 3.48. The average molecular weight is 312 g/mol. The maximum atomic E-state index is 9.19. The lowest BCUT2D eigenvalue weighted by Gasteiger charge is -2.05. The Balaban J connectivity index is 2.04. The molecule has 0 spiro atoms. The highest BCUT2D eigenvalue weighted by molar-refractivity contribution is 9.10. The molecule has 0 radical (unpaired) electrons. The Bertz CT molecular complexity index is 508. The first-order valence-electron chi connectivity index (χ1n) is 5.37. The van der Waals surface area contributed by atoms with Gasteiger partial charge < -0.3 is 5.11 Å². The maximum Gasteiger partial charge on any atom is 0.115 e. The normalized spacial score (nSPS) is 10.5. The van der Waals surface area contributed by atoms with Crippen LogP contribution in [0.2, 0.25) is 5.02 Å². The first kappa shape index (κ1) is 12.5. The van der Waals surface area contributed by atoms with Crippen molar-refractivity contribution in [3.63, 3.8) is 0 Å². The van der Waals surface area contributed by atoms with Crippen molar-refractivity contribution in [3.8, 4) is 5.75 Å². The van der Waals surface area contributed by atoms with Crippen molar-refractivity contribution in [2.75, 3.05) is 0 Å². The number of halogens is 2. The molecule has 0 aliphatic carbocycles. The average Bonchev–Trinajstić information content (AvgIpc) is 2.30. The third-order valence-electron chi connectivity index (χ3n) is 2.63. The predicted octanol–water partition coefficient (Wildman–Crippen LogP) is 4.59. The molecular weight excluding hydrogens is 300 g/mol. The van der Waals surface area contributed by atoms with Crippen LogP contribution in [-0.4, -0.2) is 5.11 Å². The van der Waals surface area contributed by atoms with Crippen molar-refractivity contribution in [3.05, 3.63) is 63.1 Å². The SMILES string of the molecule is Oc1ccc(CCc2ccc(Cl)cc2Br)cc1. The fraction of sp³-hybridized carbons (Fsp3) is 0.143. The second-order valence-corrected chi connectivity index (χ2v) is 5.19. The number of hydrogen-bond donors (Lipinski definition) is 1. The quantitative estimate of drug-likeness (QED) is 0.879. The maximum absolute atomic E-state index is 9.19. The zero-order chi connectivity index (χ0) is 12.3. The molecule has 1 N–H and O–H groups in total. The summed E-state index contributed by atoms with van der Waals surface area (Å²) in [5.74, 6) is 0.307. The molecule has 0 bridgehead atoms. The highest BCUT2D eigenvalue weighted by Crippen LogP contribution is 2.23. The highest BCUT2D eigenvalue weighted by Gasteiger charge is 2.01. The van der Waals surface area contributed by atoms with Crippen LogP contribution in [-0.2, 0) is 12.8 Å². The summed E-state index contributed by atoms with van der Waals surface area (Å²) in [6.07, 6.45) is 1.89. The molecule has 3 heteroatoms. The van der Waals surface area contributed by atoms with Crippen LogP contribution in [0.15, 0.2) is 46.9 Å². The minimum Gasteiger partial charge on any atom is -0.508 e. The second kappa shape index (κ2) is 5.56. The van der Waals surface area contributed by atoms with Crippen LogP contribution in [0.1, 0.15) is 11.1 Å². The Labute approximate surface area is 114 Å². The minimum absolute atomic E-state index is 0.307. The number of phenols is 1. The number of aryl methyl sites for hydroxylation is 2.